The molecule has 1 unspecified atom stereocenters. The van der Waals surface area contributed by atoms with Crippen molar-refractivity contribution < 1.29 is 14.3 Å². The van der Waals surface area contributed by atoms with Crippen LogP contribution >= 0.6 is 0 Å². The van der Waals surface area contributed by atoms with Gasteiger partial charge in [0.25, 0.3) is 5.91 Å². The number of nitrogens with zero attached hydrogens (tertiary/aromatic N) is 1. The maximum atomic E-state index is 11.6. The molecule has 4 nitrogen and oxygen atoms in total. The number of likely N-dealkylation sites (tertiary alicyclic amines) is 1. The number of Topliss-reactive ketones (excluding diaryl/α,β-unsaturated/α-hetero) is 1. The lowest BCUT2D eigenvalue weighted by Crippen LogP contribution is -2.32. The third-order valence-electron chi connectivity index (χ3n) is 3.13. The number of carbonyl (C=O) groups excluding carboxylic acids is 2. The van der Waals surface area contributed by atoms with Crippen molar-refractivity contribution in [3.63, 3.8) is 0 Å². The van der Waals surface area contributed by atoms with E-state index in [1.54, 1.807) is 4.90 Å². The van der Waals surface area contributed by atoms with Gasteiger partial charge in [0.1, 0.15) is 12.4 Å². The molecule has 82 valence electrons. The summed E-state index contributed by atoms with van der Waals surface area (Å²) in [6, 6.07) is 7.57. The summed E-state index contributed by atoms with van der Waals surface area (Å²) in [5.41, 5.74) is 1.01. The lowest BCUT2D eigenvalue weighted by atomic mass is 10.1. The van der Waals surface area contributed by atoms with E-state index in [0.29, 0.717) is 19.6 Å². The number of hydrogen-bond acceptors (Lipinski definition) is 3. The number of para-hydroxylation sites is 1. The number of ether oxygens (including phenoxy) is 1. The Morgan fingerprint density at radius 1 is 1.25 bits per heavy atom. The van der Waals surface area contributed by atoms with Crippen LogP contribution in [-0.2, 0) is 9.59 Å². The second-order valence-corrected chi connectivity index (χ2v) is 4.04. The van der Waals surface area contributed by atoms with Crippen LogP contribution in [0.4, 0.5) is 0 Å². The normalized spacial score (nSPS) is 23.5. The molecule has 3 rings (SSSR count). The highest BCUT2D eigenvalue weighted by Gasteiger charge is 2.38. The zero-order chi connectivity index (χ0) is 11.1. The molecule has 1 aromatic carbocycles. The molecule has 1 fully saturated rings. The van der Waals surface area contributed by atoms with E-state index in [0.717, 1.165) is 11.3 Å². The van der Waals surface area contributed by atoms with E-state index in [4.69, 9.17) is 4.74 Å². The average Bonchev–Trinajstić information content (AvgIpc) is 2.85. The fourth-order valence-electron chi connectivity index (χ4n) is 2.29. The van der Waals surface area contributed by atoms with Gasteiger partial charge in [-0.15, -0.1) is 0 Å². The van der Waals surface area contributed by atoms with Crippen LogP contribution in [0.15, 0.2) is 24.3 Å². The molecule has 2 aliphatic heterocycles. The SMILES string of the molecule is O=C1CCN(C2COc3ccccc32)C1=O. The number of fused-ring (bicyclic) bond motifs is 1. The number of carbonyl (C=O) groups is 2. The molecule has 0 saturated carbocycles. The molecular formula is C12H11NO3. The lowest BCUT2D eigenvalue weighted by molar-refractivity contribution is -0.141. The standard InChI is InChI=1S/C12H11NO3/c14-10-5-6-13(12(10)15)9-7-16-11-4-2-1-3-8(9)11/h1-4,9H,5-7H2. The van der Waals surface area contributed by atoms with Crippen LogP contribution in [0.1, 0.15) is 18.0 Å². The van der Waals surface area contributed by atoms with Crippen molar-refractivity contribution in [3.05, 3.63) is 29.8 Å². The summed E-state index contributed by atoms with van der Waals surface area (Å²) in [7, 11) is 0. The van der Waals surface area contributed by atoms with Gasteiger partial charge in [0.05, 0.1) is 6.04 Å². The summed E-state index contributed by atoms with van der Waals surface area (Å²) in [5, 5.41) is 0. The Kier molecular flexibility index (Phi) is 1.96. The first-order chi connectivity index (χ1) is 7.77. The topological polar surface area (TPSA) is 46.6 Å². The van der Waals surface area contributed by atoms with Gasteiger partial charge in [0.2, 0.25) is 5.78 Å². The van der Waals surface area contributed by atoms with Gasteiger partial charge in [0, 0.05) is 18.5 Å². The van der Waals surface area contributed by atoms with Crippen LogP contribution in [0.3, 0.4) is 0 Å². The van der Waals surface area contributed by atoms with Gasteiger partial charge in [-0.1, -0.05) is 18.2 Å². The van der Waals surface area contributed by atoms with E-state index in [1.165, 1.54) is 0 Å². The van der Waals surface area contributed by atoms with Crippen molar-refractivity contribution in [2.24, 2.45) is 0 Å². The monoisotopic (exact) mass is 217 g/mol. The van der Waals surface area contributed by atoms with E-state index < -0.39 is 0 Å². The molecule has 2 aliphatic rings. The largest absolute Gasteiger partial charge is 0.491 e. The summed E-state index contributed by atoms with van der Waals surface area (Å²) in [6.45, 7) is 0.971. The first-order valence-corrected chi connectivity index (χ1v) is 5.33. The number of ketones is 1. The minimum atomic E-state index is -0.370. The van der Waals surface area contributed by atoms with Gasteiger partial charge in [-0.05, 0) is 6.07 Å². The molecular weight excluding hydrogens is 206 g/mol. The predicted octanol–water partition coefficient (Wildman–Crippen LogP) is 0.921. The minimum absolute atomic E-state index is 0.0878. The van der Waals surface area contributed by atoms with Gasteiger partial charge >= 0.3 is 0 Å². The molecule has 0 aromatic heterocycles. The Bertz CT molecular complexity index is 469. The summed E-state index contributed by atoms with van der Waals surface area (Å²) in [5.74, 6) is 0.161. The zero-order valence-electron chi connectivity index (χ0n) is 8.68. The van der Waals surface area contributed by atoms with Gasteiger partial charge in [-0.2, -0.15) is 0 Å². The Morgan fingerprint density at radius 2 is 2.06 bits per heavy atom. The summed E-state index contributed by atoms with van der Waals surface area (Å²) in [6.07, 6.45) is 0.331. The van der Waals surface area contributed by atoms with E-state index >= 15 is 0 Å². The van der Waals surface area contributed by atoms with Crippen molar-refractivity contribution >= 4 is 11.7 Å². The second kappa shape index (κ2) is 3.33. The first-order valence-electron chi connectivity index (χ1n) is 5.33. The first kappa shape index (κ1) is 9.39. The summed E-state index contributed by atoms with van der Waals surface area (Å²) < 4.78 is 5.50. The van der Waals surface area contributed by atoms with E-state index in [9.17, 15) is 9.59 Å². The molecule has 1 saturated heterocycles. The highest BCUT2D eigenvalue weighted by atomic mass is 16.5. The molecule has 1 aromatic rings. The number of benzene rings is 1. The van der Waals surface area contributed by atoms with E-state index in [2.05, 4.69) is 0 Å². The molecule has 1 atom stereocenters. The number of amides is 1. The third kappa shape index (κ3) is 1.23. The zero-order valence-corrected chi connectivity index (χ0v) is 8.68. The van der Waals surface area contributed by atoms with Gasteiger partial charge in [-0.3, -0.25) is 9.59 Å². The highest BCUT2D eigenvalue weighted by Crippen LogP contribution is 2.36. The van der Waals surface area contributed by atoms with Crippen LogP contribution in [0.25, 0.3) is 0 Å². The van der Waals surface area contributed by atoms with Crippen molar-refractivity contribution in [1.29, 1.82) is 0 Å². The predicted molar refractivity (Wildman–Crippen MR) is 56.0 cm³/mol. The Hall–Kier alpha value is -1.84. The van der Waals surface area contributed by atoms with Crippen LogP contribution in [0, 0.1) is 0 Å². The third-order valence-corrected chi connectivity index (χ3v) is 3.13. The van der Waals surface area contributed by atoms with Crippen molar-refractivity contribution in [2.45, 2.75) is 12.5 Å². The van der Waals surface area contributed by atoms with Crippen molar-refractivity contribution in [2.75, 3.05) is 13.2 Å². The molecule has 4 heteroatoms. The molecule has 0 aliphatic carbocycles. The van der Waals surface area contributed by atoms with Crippen LogP contribution in [-0.4, -0.2) is 29.7 Å². The fraction of sp³-hybridized carbons (Fsp3) is 0.333. The maximum absolute atomic E-state index is 11.6. The molecule has 0 radical (unpaired) electrons. The summed E-state index contributed by atoms with van der Waals surface area (Å²) >= 11 is 0. The van der Waals surface area contributed by atoms with Crippen molar-refractivity contribution in [3.8, 4) is 5.75 Å². The molecule has 16 heavy (non-hydrogen) atoms. The Labute approximate surface area is 92.8 Å². The summed E-state index contributed by atoms with van der Waals surface area (Å²) in [4.78, 5) is 24.5. The smallest absolute Gasteiger partial charge is 0.290 e. The molecule has 0 bridgehead atoms. The van der Waals surface area contributed by atoms with Crippen LogP contribution in [0.5, 0.6) is 5.75 Å². The molecule has 0 spiro atoms. The quantitative estimate of drug-likeness (QED) is 0.657. The van der Waals surface area contributed by atoms with E-state index in [-0.39, 0.29) is 17.7 Å². The molecule has 1 amide bonds. The second-order valence-electron chi connectivity index (χ2n) is 4.04. The molecule has 0 N–H and O–H groups in total. The number of rotatable bonds is 1. The van der Waals surface area contributed by atoms with Crippen LogP contribution in [0.2, 0.25) is 0 Å². The van der Waals surface area contributed by atoms with Gasteiger partial charge < -0.3 is 9.64 Å². The average molecular weight is 217 g/mol. The van der Waals surface area contributed by atoms with E-state index in [1.807, 2.05) is 24.3 Å². The number of hydrogen-bond donors (Lipinski definition) is 0. The highest BCUT2D eigenvalue weighted by molar-refractivity contribution is 6.37. The van der Waals surface area contributed by atoms with Crippen LogP contribution < -0.4 is 4.74 Å². The fourth-order valence-corrected chi connectivity index (χ4v) is 2.29. The van der Waals surface area contributed by atoms with Crippen molar-refractivity contribution in [1.82, 2.24) is 4.90 Å². The Morgan fingerprint density at radius 3 is 2.81 bits per heavy atom. The molecule has 2 heterocycles. The van der Waals surface area contributed by atoms with Gasteiger partial charge in [-0.25, -0.2) is 0 Å². The Balaban J connectivity index is 1.94. The minimum Gasteiger partial charge on any atom is -0.491 e. The maximum Gasteiger partial charge on any atom is 0.290 e. The lowest BCUT2D eigenvalue weighted by Gasteiger charge is -2.21. The van der Waals surface area contributed by atoms with Gasteiger partial charge in [0.15, 0.2) is 0 Å².